The van der Waals surface area contributed by atoms with Gasteiger partial charge in [-0.3, -0.25) is 9.59 Å². The molecule has 134 valence electrons. The number of nitrogens with one attached hydrogen (secondary N) is 2. The van der Waals surface area contributed by atoms with E-state index < -0.39 is 6.09 Å². The zero-order chi connectivity index (χ0) is 18.0. The molecule has 0 spiro atoms. The summed E-state index contributed by atoms with van der Waals surface area (Å²) in [6.45, 7) is 10.5. The molecule has 0 saturated heterocycles. The van der Waals surface area contributed by atoms with E-state index in [0.29, 0.717) is 19.5 Å². The number of ketones is 2. The number of methoxy groups -OCH3 is 1. The van der Waals surface area contributed by atoms with Crippen molar-refractivity contribution in [1.29, 1.82) is 0 Å². The summed E-state index contributed by atoms with van der Waals surface area (Å²) < 4.78 is 4.48. The van der Waals surface area contributed by atoms with E-state index >= 15 is 0 Å². The lowest BCUT2D eigenvalue weighted by Crippen LogP contribution is -2.39. The molecule has 0 rings (SSSR count). The van der Waals surface area contributed by atoms with Gasteiger partial charge in [0.2, 0.25) is 0 Å². The number of hydrogen-bond donors (Lipinski definition) is 2. The lowest BCUT2D eigenvalue weighted by Gasteiger charge is -2.19. The molecular weight excluding hydrogens is 296 g/mol. The first-order valence-corrected chi connectivity index (χ1v) is 8.33. The van der Waals surface area contributed by atoms with E-state index in [-0.39, 0.29) is 35.4 Å². The van der Waals surface area contributed by atoms with Crippen LogP contribution in [0.3, 0.4) is 0 Å². The summed E-state index contributed by atoms with van der Waals surface area (Å²) in [5, 5.41) is 5.75. The van der Waals surface area contributed by atoms with Crippen LogP contribution in [0.5, 0.6) is 0 Å². The number of Topliss-reactive ketones (excluding diaryl/α,β-unsaturated/α-hetero) is 2. The van der Waals surface area contributed by atoms with Crippen molar-refractivity contribution < 1.29 is 19.1 Å². The average molecular weight is 328 g/mol. The second-order valence-corrected chi connectivity index (χ2v) is 6.43. The molecule has 3 unspecified atom stereocenters. The smallest absolute Gasteiger partial charge is 0.406 e. The first kappa shape index (κ1) is 21.6. The topological polar surface area (TPSA) is 84.5 Å². The molecule has 0 aromatic carbocycles. The van der Waals surface area contributed by atoms with Crippen LogP contribution >= 0.6 is 0 Å². The lowest BCUT2D eigenvalue weighted by atomic mass is 9.93. The van der Waals surface area contributed by atoms with Crippen molar-refractivity contribution in [2.24, 2.45) is 17.8 Å². The Bertz CT molecular complexity index is 396. The van der Waals surface area contributed by atoms with E-state index in [2.05, 4.69) is 15.4 Å². The minimum atomic E-state index is -0.486. The fourth-order valence-electron chi connectivity index (χ4n) is 2.36. The zero-order valence-corrected chi connectivity index (χ0v) is 15.3. The Morgan fingerprint density at radius 2 is 1.39 bits per heavy atom. The normalized spacial score (nSPS) is 14.9. The molecule has 23 heavy (non-hydrogen) atoms. The van der Waals surface area contributed by atoms with Crippen LogP contribution in [0.2, 0.25) is 0 Å². The molecule has 0 saturated carbocycles. The van der Waals surface area contributed by atoms with Gasteiger partial charge in [-0.05, 0) is 26.3 Å². The number of amides is 1. The lowest BCUT2D eigenvalue weighted by molar-refractivity contribution is -0.125. The fraction of sp³-hybridized carbons (Fsp3) is 0.824. The van der Waals surface area contributed by atoms with E-state index in [1.807, 2.05) is 34.6 Å². The Balaban J connectivity index is 4.05. The van der Waals surface area contributed by atoms with Crippen molar-refractivity contribution in [3.8, 4) is 0 Å². The van der Waals surface area contributed by atoms with Gasteiger partial charge in [0.15, 0.2) is 5.78 Å². The van der Waals surface area contributed by atoms with Crippen LogP contribution in [0.15, 0.2) is 0 Å². The molecule has 0 heterocycles. The van der Waals surface area contributed by atoms with Gasteiger partial charge in [0, 0.05) is 24.3 Å². The molecule has 0 bridgehead atoms. The van der Waals surface area contributed by atoms with Crippen molar-refractivity contribution in [3.05, 3.63) is 0 Å². The van der Waals surface area contributed by atoms with Crippen molar-refractivity contribution in [3.63, 3.8) is 0 Å². The molecule has 0 aromatic heterocycles. The Morgan fingerprint density at radius 1 is 0.870 bits per heavy atom. The summed E-state index contributed by atoms with van der Waals surface area (Å²) in [5.41, 5.74) is 0. The van der Waals surface area contributed by atoms with Gasteiger partial charge in [0.25, 0.3) is 0 Å². The molecule has 0 aliphatic rings. The Labute approximate surface area is 139 Å². The number of ether oxygens (including phenoxy) is 1. The molecule has 2 N–H and O–H groups in total. The number of carbonyl (C=O) groups is 3. The Hall–Kier alpha value is -1.43. The van der Waals surface area contributed by atoms with E-state index in [1.54, 1.807) is 0 Å². The van der Waals surface area contributed by atoms with Crippen LogP contribution in [0, 0.1) is 17.8 Å². The van der Waals surface area contributed by atoms with Gasteiger partial charge >= 0.3 is 6.09 Å². The molecule has 6 nitrogen and oxygen atoms in total. The first-order chi connectivity index (χ1) is 10.7. The summed E-state index contributed by atoms with van der Waals surface area (Å²) in [5.74, 6) is 0.273. The van der Waals surface area contributed by atoms with Gasteiger partial charge in [0.1, 0.15) is 5.78 Å². The highest BCUT2D eigenvalue weighted by molar-refractivity contribution is 5.85. The summed E-state index contributed by atoms with van der Waals surface area (Å²) in [6, 6.07) is -0.260. The van der Waals surface area contributed by atoms with Gasteiger partial charge in [0.05, 0.1) is 13.2 Å². The summed E-state index contributed by atoms with van der Waals surface area (Å²) in [6.07, 6.45) is 0.814. The molecule has 0 radical (unpaired) electrons. The predicted molar refractivity (Wildman–Crippen MR) is 90.3 cm³/mol. The van der Waals surface area contributed by atoms with Gasteiger partial charge in [-0.15, -0.1) is 0 Å². The van der Waals surface area contributed by atoms with E-state index in [1.165, 1.54) is 7.11 Å². The summed E-state index contributed by atoms with van der Waals surface area (Å²) in [7, 11) is 1.31. The fourth-order valence-corrected chi connectivity index (χ4v) is 2.36. The van der Waals surface area contributed by atoms with Gasteiger partial charge in [-0.25, -0.2) is 4.79 Å². The number of carbonyl (C=O) groups excluding carboxylic acids is 3. The minimum absolute atomic E-state index is 0.00600. The third kappa shape index (κ3) is 8.69. The monoisotopic (exact) mass is 328 g/mol. The summed E-state index contributed by atoms with van der Waals surface area (Å²) in [4.78, 5) is 35.0. The minimum Gasteiger partial charge on any atom is -0.453 e. The number of rotatable bonds is 11. The van der Waals surface area contributed by atoms with Crippen molar-refractivity contribution >= 4 is 17.7 Å². The van der Waals surface area contributed by atoms with E-state index in [9.17, 15) is 14.4 Å². The first-order valence-electron chi connectivity index (χ1n) is 8.33. The second-order valence-electron chi connectivity index (χ2n) is 6.43. The SMILES string of the molecule is COC(=O)NCCC(C)C(=O)C(C)NCCC(C)C(=O)C(C)C. The largest absolute Gasteiger partial charge is 0.453 e. The standard InChI is InChI=1S/C17H32N2O4/c1-11(2)15(20)12(3)7-9-18-14(5)16(21)13(4)8-10-19-17(22)23-6/h11-14,18H,7-10H2,1-6H3,(H,19,22). The molecular formula is C17H32N2O4. The maximum atomic E-state index is 12.2. The second kappa shape index (κ2) is 11.2. The third-order valence-corrected chi connectivity index (χ3v) is 4.03. The van der Waals surface area contributed by atoms with Crippen LogP contribution in [-0.2, 0) is 14.3 Å². The van der Waals surface area contributed by atoms with Gasteiger partial charge in [-0.2, -0.15) is 0 Å². The van der Waals surface area contributed by atoms with Crippen molar-refractivity contribution in [2.75, 3.05) is 20.2 Å². The average Bonchev–Trinajstić information content (AvgIpc) is 2.52. The molecule has 1 amide bonds. The van der Waals surface area contributed by atoms with Crippen LogP contribution in [0.1, 0.15) is 47.5 Å². The Morgan fingerprint density at radius 3 is 1.91 bits per heavy atom. The summed E-state index contributed by atoms with van der Waals surface area (Å²) >= 11 is 0. The Kier molecular flexibility index (Phi) is 10.5. The van der Waals surface area contributed by atoms with E-state index in [0.717, 1.165) is 6.42 Å². The highest BCUT2D eigenvalue weighted by Gasteiger charge is 2.21. The molecule has 3 atom stereocenters. The molecule has 0 fully saturated rings. The molecule has 0 aromatic rings. The van der Waals surface area contributed by atoms with Crippen LogP contribution in [0.25, 0.3) is 0 Å². The van der Waals surface area contributed by atoms with Crippen LogP contribution in [0.4, 0.5) is 4.79 Å². The van der Waals surface area contributed by atoms with Crippen LogP contribution in [-0.4, -0.2) is 43.9 Å². The van der Waals surface area contributed by atoms with Crippen molar-refractivity contribution in [2.45, 2.75) is 53.5 Å². The maximum Gasteiger partial charge on any atom is 0.406 e. The quantitative estimate of drug-likeness (QED) is 0.607. The molecule has 0 aliphatic carbocycles. The highest BCUT2D eigenvalue weighted by Crippen LogP contribution is 2.10. The third-order valence-electron chi connectivity index (χ3n) is 4.03. The van der Waals surface area contributed by atoms with Gasteiger partial charge < -0.3 is 15.4 Å². The molecule has 0 aliphatic heterocycles. The maximum absolute atomic E-state index is 12.2. The predicted octanol–water partition coefficient (Wildman–Crippen LogP) is 2.17. The van der Waals surface area contributed by atoms with Crippen LogP contribution < -0.4 is 10.6 Å². The molecule has 6 heteroatoms. The zero-order valence-electron chi connectivity index (χ0n) is 15.3. The number of alkyl carbamates (subject to hydrolysis) is 1. The van der Waals surface area contributed by atoms with Gasteiger partial charge in [-0.1, -0.05) is 27.7 Å². The number of hydrogen-bond acceptors (Lipinski definition) is 5. The van der Waals surface area contributed by atoms with E-state index in [4.69, 9.17) is 0 Å². The highest BCUT2D eigenvalue weighted by atomic mass is 16.5. The van der Waals surface area contributed by atoms with Crippen molar-refractivity contribution in [1.82, 2.24) is 10.6 Å².